The van der Waals surface area contributed by atoms with Gasteiger partial charge in [0.25, 0.3) is 0 Å². The monoisotopic (exact) mass is 363 g/mol. The number of furan rings is 1. The van der Waals surface area contributed by atoms with Crippen LogP contribution in [0.25, 0.3) is 0 Å². The maximum absolute atomic E-state index is 10.3. The maximum Gasteiger partial charge on any atom is 0.129 e. The van der Waals surface area contributed by atoms with E-state index in [9.17, 15) is 5.11 Å². The molecular formula is C20H29NO5. The third-order valence-electron chi connectivity index (χ3n) is 3.99. The fraction of sp³-hybridized carbons (Fsp3) is 0.500. The summed E-state index contributed by atoms with van der Waals surface area (Å²) in [4.78, 5) is 2.21. The predicted molar refractivity (Wildman–Crippen MR) is 99.1 cm³/mol. The number of ether oxygens (including phenoxy) is 3. The van der Waals surface area contributed by atoms with Gasteiger partial charge in [0.1, 0.15) is 18.1 Å². The molecule has 0 spiro atoms. The normalized spacial score (nSPS) is 12.5. The lowest BCUT2D eigenvalue weighted by Crippen LogP contribution is -2.35. The van der Waals surface area contributed by atoms with Crippen molar-refractivity contribution in [1.29, 1.82) is 0 Å². The standard InChI is InChI=1S/C20H29NO5/c1-23-11-4-10-21(13-17-6-8-19(24-2)9-7-17)14-18(22)15-25-16-20-5-3-12-26-20/h3,5-9,12,18,22H,4,10-11,13-16H2,1-2H3/t18-/m0/s1. The Balaban J connectivity index is 1.81. The van der Waals surface area contributed by atoms with Gasteiger partial charge in [-0.2, -0.15) is 0 Å². The molecule has 0 radical (unpaired) electrons. The molecule has 0 bridgehead atoms. The predicted octanol–water partition coefficient (Wildman–Crippen LogP) is 2.70. The lowest BCUT2D eigenvalue weighted by atomic mass is 10.2. The fourth-order valence-corrected chi connectivity index (χ4v) is 2.70. The molecule has 6 nitrogen and oxygen atoms in total. The van der Waals surface area contributed by atoms with Crippen LogP contribution in [0.3, 0.4) is 0 Å². The maximum atomic E-state index is 10.3. The summed E-state index contributed by atoms with van der Waals surface area (Å²) in [5, 5.41) is 10.3. The molecule has 26 heavy (non-hydrogen) atoms. The van der Waals surface area contributed by atoms with Gasteiger partial charge in [-0.05, 0) is 36.2 Å². The van der Waals surface area contributed by atoms with Gasteiger partial charge in [0, 0.05) is 33.4 Å². The third kappa shape index (κ3) is 7.58. The van der Waals surface area contributed by atoms with E-state index in [0.717, 1.165) is 31.0 Å². The van der Waals surface area contributed by atoms with Gasteiger partial charge >= 0.3 is 0 Å². The average Bonchev–Trinajstić information content (AvgIpc) is 3.16. The third-order valence-corrected chi connectivity index (χ3v) is 3.99. The molecule has 0 aliphatic heterocycles. The zero-order valence-electron chi connectivity index (χ0n) is 15.6. The van der Waals surface area contributed by atoms with E-state index >= 15 is 0 Å². The smallest absolute Gasteiger partial charge is 0.129 e. The van der Waals surface area contributed by atoms with Crippen molar-refractivity contribution in [3.8, 4) is 5.75 Å². The number of methoxy groups -OCH3 is 2. The summed E-state index contributed by atoms with van der Waals surface area (Å²) in [6, 6.07) is 11.7. The van der Waals surface area contributed by atoms with Crippen molar-refractivity contribution >= 4 is 0 Å². The molecule has 0 amide bonds. The minimum Gasteiger partial charge on any atom is -0.497 e. The molecule has 0 saturated carbocycles. The number of rotatable bonds is 13. The van der Waals surface area contributed by atoms with Crippen molar-refractivity contribution in [3.63, 3.8) is 0 Å². The van der Waals surface area contributed by atoms with Gasteiger partial charge in [0.2, 0.25) is 0 Å². The molecule has 2 rings (SSSR count). The minimum absolute atomic E-state index is 0.268. The van der Waals surface area contributed by atoms with Crippen LogP contribution in [0.1, 0.15) is 17.7 Å². The van der Waals surface area contributed by atoms with E-state index in [0.29, 0.717) is 19.8 Å². The number of aliphatic hydroxyl groups excluding tert-OH is 1. The van der Waals surface area contributed by atoms with Crippen LogP contribution < -0.4 is 4.74 Å². The minimum atomic E-state index is -0.564. The van der Waals surface area contributed by atoms with E-state index in [1.807, 2.05) is 36.4 Å². The summed E-state index contributed by atoms with van der Waals surface area (Å²) >= 11 is 0. The van der Waals surface area contributed by atoms with Gasteiger partial charge in [-0.3, -0.25) is 4.90 Å². The first kappa shape index (κ1) is 20.5. The molecule has 0 unspecified atom stereocenters. The van der Waals surface area contributed by atoms with E-state index in [-0.39, 0.29) is 6.61 Å². The van der Waals surface area contributed by atoms with Crippen molar-refractivity contribution < 1.29 is 23.7 Å². The molecule has 0 fully saturated rings. The highest BCUT2D eigenvalue weighted by Gasteiger charge is 2.13. The van der Waals surface area contributed by atoms with Crippen molar-refractivity contribution in [3.05, 3.63) is 54.0 Å². The fourth-order valence-electron chi connectivity index (χ4n) is 2.70. The summed E-state index contributed by atoms with van der Waals surface area (Å²) in [6.45, 7) is 3.46. The van der Waals surface area contributed by atoms with Crippen molar-refractivity contribution in [1.82, 2.24) is 4.90 Å². The number of benzene rings is 1. The van der Waals surface area contributed by atoms with Gasteiger partial charge in [-0.1, -0.05) is 12.1 Å². The Labute approximate surface area is 155 Å². The molecule has 1 N–H and O–H groups in total. The van der Waals surface area contributed by atoms with E-state index in [1.165, 1.54) is 5.56 Å². The quantitative estimate of drug-likeness (QED) is 0.552. The SMILES string of the molecule is COCCCN(Cc1ccc(OC)cc1)C[C@H](O)COCc1ccco1. The summed E-state index contributed by atoms with van der Waals surface area (Å²) in [5.74, 6) is 1.60. The van der Waals surface area contributed by atoms with Crippen LogP contribution in [0.5, 0.6) is 5.75 Å². The summed E-state index contributed by atoms with van der Waals surface area (Å²) in [7, 11) is 3.36. The van der Waals surface area contributed by atoms with Crippen LogP contribution in [0, 0.1) is 0 Å². The van der Waals surface area contributed by atoms with Crippen LogP contribution in [0.15, 0.2) is 47.1 Å². The molecule has 0 saturated heterocycles. The van der Waals surface area contributed by atoms with E-state index < -0.39 is 6.10 Å². The Morgan fingerprint density at radius 2 is 1.96 bits per heavy atom. The summed E-state index contributed by atoms with van der Waals surface area (Å²) < 4.78 is 21.1. The van der Waals surface area contributed by atoms with Crippen molar-refractivity contribution in [2.45, 2.75) is 25.7 Å². The van der Waals surface area contributed by atoms with Gasteiger partial charge < -0.3 is 23.7 Å². The molecule has 1 heterocycles. The molecule has 144 valence electrons. The molecule has 0 aliphatic rings. The van der Waals surface area contributed by atoms with Crippen LogP contribution in [0.2, 0.25) is 0 Å². The number of aliphatic hydroxyl groups is 1. The Morgan fingerprint density at radius 1 is 1.15 bits per heavy atom. The first-order valence-electron chi connectivity index (χ1n) is 8.83. The van der Waals surface area contributed by atoms with Gasteiger partial charge in [0.15, 0.2) is 0 Å². The summed E-state index contributed by atoms with van der Waals surface area (Å²) in [5.41, 5.74) is 1.17. The highest BCUT2D eigenvalue weighted by Crippen LogP contribution is 2.13. The van der Waals surface area contributed by atoms with Crippen LogP contribution in [-0.4, -0.2) is 56.6 Å². The Bertz CT molecular complexity index is 585. The second-order valence-corrected chi connectivity index (χ2v) is 6.18. The molecule has 2 aromatic rings. The number of hydrogen-bond donors (Lipinski definition) is 1. The lowest BCUT2D eigenvalue weighted by Gasteiger charge is -2.25. The highest BCUT2D eigenvalue weighted by atomic mass is 16.5. The number of nitrogens with zero attached hydrogens (tertiary/aromatic N) is 1. The van der Waals surface area contributed by atoms with Crippen molar-refractivity contribution in [2.75, 3.05) is 40.5 Å². The van der Waals surface area contributed by atoms with Crippen LogP contribution >= 0.6 is 0 Å². The molecule has 1 atom stereocenters. The summed E-state index contributed by atoms with van der Waals surface area (Å²) in [6.07, 6.45) is 1.96. The largest absolute Gasteiger partial charge is 0.497 e. The lowest BCUT2D eigenvalue weighted by molar-refractivity contribution is 0.00281. The van der Waals surface area contributed by atoms with E-state index in [4.69, 9.17) is 18.6 Å². The Kier molecular flexibility index (Phi) is 9.20. The second-order valence-electron chi connectivity index (χ2n) is 6.18. The zero-order chi connectivity index (χ0) is 18.6. The zero-order valence-corrected chi connectivity index (χ0v) is 15.6. The molecule has 6 heteroatoms. The topological polar surface area (TPSA) is 64.3 Å². The average molecular weight is 363 g/mol. The van der Waals surface area contributed by atoms with Gasteiger partial charge in [-0.15, -0.1) is 0 Å². The Morgan fingerprint density at radius 3 is 2.62 bits per heavy atom. The Hall–Kier alpha value is -1.86. The van der Waals surface area contributed by atoms with Gasteiger partial charge in [-0.25, -0.2) is 0 Å². The molecule has 1 aromatic carbocycles. The van der Waals surface area contributed by atoms with Crippen LogP contribution in [0.4, 0.5) is 0 Å². The van der Waals surface area contributed by atoms with Crippen molar-refractivity contribution in [2.24, 2.45) is 0 Å². The van der Waals surface area contributed by atoms with E-state index in [2.05, 4.69) is 4.90 Å². The van der Waals surface area contributed by atoms with E-state index in [1.54, 1.807) is 20.5 Å². The molecule has 1 aromatic heterocycles. The second kappa shape index (κ2) is 11.7. The van der Waals surface area contributed by atoms with Gasteiger partial charge in [0.05, 0.1) is 26.1 Å². The highest BCUT2D eigenvalue weighted by molar-refractivity contribution is 5.27. The molecular weight excluding hydrogens is 334 g/mol. The first-order valence-corrected chi connectivity index (χ1v) is 8.83. The first-order chi connectivity index (χ1) is 12.7. The number of hydrogen-bond acceptors (Lipinski definition) is 6. The van der Waals surface area contributed by atoms with Crippen LogP contribution in [-0.2, 0) is 22.6 Å². The molecule has 0 aliphatic carbocycles.